The molecule has 0 aliphatic rings. The number of halogens is 1. The van der Waals surface area contributed by atoms with E-state index < -0.39 is 0 Å². The fourth-order valence-electron chi connectivity index (χ4n) is 2.18. The Morgan fingerprint density at radius 3 is 2.52 bits per heavy atom. The van der Waals surface area contributed by atoms with Gasteiger partial charge in [-0.2, -0.15) is 0 Å². The molecule has 3 nitrogen and oxygen atoms in total. The second-order valence-electron chi connectivity index (χ2n) is 4.86. The van der Waals surface area contributed by atoms with E-state index in [1.807, 2.05) is 35.7 Å². The number of methoxy groups -OCH3 is 1. The molecule has 1 amide bonds. The average Bonchev–Trinajstić information content (AvgIpc) is 3.09. The topological polar surface area (TPSA) is 38.3 Å². The van der Waals surface area contributed by atoms with Crippen LogP contribution in [0.2, 0.25) is 5.02 Å². The molecule has 0 spiro atoms. The first kappa shape index (κ1) is 15.6. The number of benzene rings is 2. The zero-order chi connectivity index (χ0) is 16.2. The molecular weight excluding hydrogens is 330 g/mol. The summed E-state index contributed by atoms with van der Waals surface area (Å²) in [5.41, 5.74) is 2.32. The summed E-state index contributed by atoms with van der Waals surface area (Å²) in [6, 6.07) is 16.7. The van der Waals surface area contributed by atoms with Crippen molar-refractivity contribution >= 4 is 34.5 Å². The number of amides is 1. The molecule has 0 unspecified atom stereocenters. The molecule has 0 saturated carbocycles. The van der Waals surface area contributed by atoms with Gasteiger partial charge in [0.2, 0.25) is 0 Å². The maximum atomic E-state index is 12.3. The molecule has 1 aromatic heterocycles. The highest BCUT2D eigenvalue weighted by molar-refractivity contribution is 7.13. The Hall–Kier alpha value is -2.30. The molecule has 0 saturated heterocycles. The van der Waals surface area contributed by atoms with Gasteiger partial charge in [-0.1, -0.05) is 29.8 Å². The summed E-state index contributed by atoms with van der Waals surface area (Å²) < 4.78 is 5.09. The summed E-state index contributed by atoms with van der Waals surface area (Å²) >= 11 is 7.73. The van der Waals surface area contributed by atoms with Gasteiger partial charge in [-0.25, -0.2) is 0 Å². The minimum Gasteiger partial charge on any atom is -0.495 e. The molecule has 0 aliphatic heterocycles. The third kappa shape index (κ3) is 3.55. The quantitative estimate of drug-likeness (QED) is 0.695. The molecule has 1 N–H and O–H groups in total. The Morgan fingerprint density at radius 1 is 1.13 bits per heavy atom. The van der Waals surface area contributed by atoms with E-state index in [1.165, 1.54) is 4.88 Å². The molecule has 3 aromatic rings. The molecule has 3 rings (SSSR count). The van der Waals surface area contributed by atoms with Crippen molar-refractivity contribution in [3.05, 3.63) is 70.6 Å². The number of nitrogens with one attached hydrogen (secondary N) is 1. The van der Waals surface area contributed by atoms with E-state index in [2.05, 4.69) is 11.4 Å². The van der Waals surface area contributed by atoms with Crippen molar-refractivity contribution in [3.8, 4) is 16.2 Å². The largest absolute Gasteiger partial charge is 0.495 e. The number of hydrogen-bond acceptors (Lipinski definition) is 3. The molecule has 0 radical (unpaired) electrons. The lowest BCUT2D eigenvalue weighted by molar-refractivity contribution is 0.102. The first-order valence-electron chi connectivity index (χ1n) is 6.96. The van der Waals surface area contributed by atoms with Gasteiger partial charge >= 0.3 is 0 Å². The molecule has 2 aromatic carbocycles. The summed E-state index contributed by atoms with van der Waals surface area (Å²) in [5, 5.41) is 5.32. The normalized spacial score (nSPS) is 10.3. The summed E-state index contributed by atoms with van der Waals surface area (Å²) in [6.45, 7) is 0. The second-order valence-corrected chi connectivity index (χ2v) is 6.21. The molecule has 23 heavy (non-hydrogen) atoms. The molecule has 0 atom stereocenters. The number of hydrogen-bond donors (Lipinski definition) is 1. The van der Waals surface area contributed by atoms with Crippen molar-refractivity contribution in [2.75, 3.05) is 12.4 Å². The minimum atomic E-state index is -0.177. The molecule has 0 fully saturated rings. The molecular formula is C18H14ClNO2S. The van der Waals surface area contributed by atoms with Crippen LogP contribution in [0.3, 0.4) is 0 Å². The Labute approximate surface area is 143 Å². The predicted octanol–water partition coefficient (Wildman–Crippen LogP) is 5.33. The number of carbonyl (C=O) groups excluding carboxylic acids is 1. The van der Waals surface area contributed by atoms with Crippen LogP contribution in [-0.4, -0.2) is 13.0 Å². The zero-order valence-electron chi connectivity index (χ0n) is 12.4. The van der Waals surface area contributed by atoms with Gasteiger partial charge in [-0.3, -0.25) is 4.79 Å². The van der Waals surface area contributed by atoms with Crippen LogP contribution in [0.4, 0.5) is 5.69 Å². The smallest absolute Gasteiger partial charge is 0.255 e. The van der Waals surface area contributed by atoms with Gasteiger partial charge in [0.05, 0.1) is 12.1 Å². The van der Waals surface area contributed by atoms with Crippen LogP contribution in [-0.2, 0) is 0 Å². The fourth-order valence-corrected chi connectivity index (χ4v) is 3.17. The van der Waals surface area contributed by atoms with Gasteiger partial charge in [0.1, 0.15) is 5.75 Å². The highest BCUT2D eigenvalue weighted by atomic mass is 35.5. The van der Waals surface area contributed by atoms with E-state index in [9.17, 15) is 4.79 Å². The molecule has 116 valence electrons. The standard InChI is InChI=1S/C18H14ClNO2S/c1-22-16-9-8-14(11-15(16)19)20-18(21)13-6-4-12(5-7-13)17-3-2-10-23-17/h2-11H,1H3,(H,20,21). The minimum absolute atomic E-state index is 0.177. The number of ether oxygens (including phenoxy) is 1. The van der Waals surface area contributed by atoms with Crippen LogP contribution >= 0.6 is 22.9 Å². The monoisotopic (exact) mass is 343 g/mol. The summed E-state index contributed by atoms with van der Waals surface area (Å²) in [7, 11) is 1.55. The maximum Gasteiger partial charge on any atom is 0.255 e. The lowest BCUT2D eigenvalue weighted by Gasteiger charge is -2.08. The Bertz CT molecular complexity index is 814. The van der Waals surface area contributed by atoms with E-state index in [1.54, 1.807) is 36.6 Å². The van der Waals surface area contributed by atoms with Gasteiger partial charge in [0.15, 0.2) is 0 Å². The van der Waals surface area contributed by atoms with Crippen LogP contribution in [0, 0.1) is 0 Å². The van der Waals surface area contributed by atoms with Gasteiger partial charge in [0, 0.05) is 16.1 Å². The van der Waals surface area contributed by atoms with E-state index in [0.717, 1.165) is 5.56 Å². The van der Waals surface area contributed by atoms with Gasteiger partial charge in [-0.15, -0.1) is 11.3 Å². The lowest BCUT2D eigenvalue weighted by atomic mass is 10.1. The first-order chi connectivity index (χ1) is 11.2. The van der Waals surface area contributed by atoms with Crippen LogP contribution in [0.5, 0.6) is 5.75 Å². The first-order valence-corrected chi connectivity index (χ1v) is 8.22. The van der Waals surface area contributed by atoms with E-state index in [-0.39, 0.29) is 5.91 Å². The number of thiophene rings is 1. The van der Waals surface area contributed by atoms with Crippen LogP contribution in [0.1, 0.15) is 10.4 Å². The predicted molar refractivity (Wildman–Crippen MR) is 95.7 cm³/mol. The van der Waals surface area contributed by atoms with Crippen molar-refractivity contribution < 1.29 is 9.53 Å². The van der Waals surface area contributed by atoms with Gasteiger partial charge in [0.25, 0.3) is 5.91 Å². The van der Waals surface area contributed by atoms with E-state index in [4.69, 9.17) is 16.3 Å². The Kier molecular flexibility index (Phi) is 4.65. The molecule has 1 heterocycles. The maximum absolute atomic E-state index is 12.3. The molecule has 0 aliphatic carbocycles. The molecule has 0 bridgehead atoms. The Balaban J connectivity index is 1.74. The summed E-state index contributed by atoms with van der Waals surface area (Å²) in [4.78, 5) is 13.5. The lowest BCUT2D eigenvalue weighted by Crippen LogP contribution is -2.11. The summed E-state index contributed by atoms with van der Waals surface area (Å²) in [6.07, 6.45) is 0. The number of anilines is 1. The third-order valence-corrected chi connectivity index (χ3v) is 4.58. The fraction of sp³-hybridized carbons (Fsp3) is 0.0556. The SMILES string of the molecule is COc1ccc(NC(=O)c2ccc(-c3cccs3)cc2)cc1Cl. The van der Waals surface area contributed by atoms with Crippen molar-refractivity contribution in [1.29, 1.82) is 0 Å². The van der Waals surface area contributed by atoms with Crippen molar-refractivity contribution in [3.63, 3.8) is 0 Å². The highest BCUT2D eigenvalue weighted by Crippen LogP contribution is 2.28. The average molecular weight is 344 g/mol. The van der Waals surface area contributed by atoms with Crippen molar-refractivity contribution in [2.24, 2.45) is 0 Å². The highest BCUT2D eigenvalue weighted by Gasteiger charge is 2.08. The van der Waals surface area contributed by atoms with Gasteiger partial charge < -0.3 is 10.1 Å². The van der Waals surface area contributed by atoms with Crippen LogP contribution in [0.15, 0.2) is 60.0 Å². The second kappa shape index (κ2) is 6.86. The van der Waals surface area contributed by atoms with E-state index in [0.29, 0.717) is 22.0 Å². The number of carbonyl (C=O) groups is 1. The van der Waals surface area contributed by atoms with Gasteiger partial charge in [-0.05, 0) is 47.3 Å². The number of rotatable bonds is 4. The van der Waals surface area contributed by atoms with Crippen LogP contribution < -0.4 is 10.1 Å². The van der Waals surface area contributed by atoms with Crippen molar-refractivity contribution in [1.82, 2.24) is 0 Å². The zero-order valence-corrected chi connectivity index (χ0v) is 13.9. The Morgan fingerprint density at radius 2 is 1.91 bits per heavy atom. The van der Waals surface area contributed by atoms with Crippen LogP contribution in [0.25, 0.3) is 10.4 Å². The molecule has 5 heteroatoms. The van der Waals surface area contributed by atoms with Crippen molar-refractivity contribution in [2.45, 2.75) is 0 Å². The third-order valence-electron chi connectivity index (χ3n) is 3.36. The summed E-state index contributed by atoms with van der Waals surface area (Å²) in [5.74, 6) is 0.397. The van der Waals surface area contributed by atoms with E-state index >= 15 is 0 Å².